The van der Waals surface area contributed by atoms with Gasteiger partial charge in [0, 0.05) is 17.8 Å². The van der Waals surface area contributed by atoms with Crippen LogP contribution in [0.15, 0.2) is 48.5 Å². The summed E-state index contributed by atoms with van der Waals surface area (Å²) in [6.07, 6.45) is 0.120. The second-order valence-corrected chi connectivity index (χ2v) is 6.30. The Morgan fingerprint density at radius 2 is 1.60 bits per heavy atom. The Hall–Kier alpha value is -2.33. The molecule has 2 aromatic rings. The zero-order valence-corrected chi connectivity index (χ0v) is 15.6. The quantitative estimate of drug-likeness (QED) is 0.765. The lowest BCUT2D eigenvalue weighted by molar-refractivity contribution is 0.102. The molecule has 1 N–H and O–H groups in total. The predicted octanol–water partition coefficient (Wildman–Crippen LogP) is 4.57. The van der Waals surface area contributed by atoms with Crippen LogP contribution in [-0.2, 0) is 6.54 Å². The van der Waals surface area contributed by atoms with Gasteiger partial charge in [0.05, 0.1) is 6.10 Å². The van der Waals surface area contributed by atoms with Crippen molar-refractivity contribution >= 4 is 11.6 Å². The molecule has 25 heavy (non-hydrogen) atoms. The second kappa shape index (κ2) is 9.23. The second-order valence-electron chi connectivity index (χ2n) is 6.30. The van der Waals surface area contributed by atoms with E-state index in [0.29, 0.717) is 5.56 Å². The van der Waals surface area contributed by atoms with E-state index in [0.717, 1.165) is 31.1 Å². The highest BCUT2D eigenvalue weighted by Crippen LogP contribution is 2.16. The third kappa shape index (κ3) is 5.91. The van der Waals surface area contributed by atoms with Crippen molar-refractivity contribution in [3.8, 4) is 5.75 Å². The number of hydrogen-bond donors (Lipinski definition) is 1. The van der Waals surface area contributed by atoms with Crippen molar-refractivity contribution in [3.63, 3.8) is 0 Å². The monoisotopic (exact) mass is 340 g/mol. The summed E-state index contributed by atoms with van der Waals surface area (Å²) in [6, 6.07) is 15.2. The van der Waals surface area contributed by atoms with E-state index in [4.69, 9.17) is 4.74 Å². The molecule has 2 aromatic carbocycles. The molecule has 4 heteroatoms. The highest BCUT2D eigenvalue weighted by molar-refractivity contribution is 6.04. The molecular weight excluding hydrogens is 312 g/mol. The number of nitrogens with zero attached hydrogens (tertiary/aromatic N) is 1. The van der Waals surface area contributed by atoms with Gasteiger partial charge < -0.3 is 10.1 Å². The zero-order valence-electron chi connectivity index (χ0n) is 15.6. The lowest BCUT2D eigenvalue weighted by atomic mass is 10.1. The van der Waals surface area contributed by atoms with Crippen molar-refractivity contribution in [2.75, 3.05) is 18.4 Å². The van der Waals surface area contributed by atoms with Gasteiger partial charge in [0.1, 0.15) is 5.75 Å². The zero-order chi connectivity index (χ0) is 18.2. The Kier molecular flexibility index (Phi) is 7.02. The molecule has 0 aliphatic rings. The Balaban J connectivity index is 1.96. The van der Waals surface area contributed by atoms with Gasteiger partial charge in [-0.05, 0) is 68.9 Å². The van der Waals surface area contributed by atoms with Gasteiger partial charge in [-0.15, -0.1) is 0 Å². The molecule has 0 aliphatic carbocycles. The maximum absolute atomic E-state index is 12.3. The smallest absolute Gasteiger partial charge is 0.255 e. The lowest BCUT2D eigenvalue weighted by Gasteiger charge is -2.18. The standard InChI is InChI=1S/C21H28N2O2/c1-5-23(6-2)15-17-7-11-19(12-8-17)22-21(24)18-9-13-20(14-10-18)25-16(3)4/h7-14,16H,5-6,15H2,1-4H3,(H,22,24). The number of carbonyl (C=O) groups excluding carboxylic acids is 1. The van der Waals surface area contributed by atoms with Gasteiger partial charge in [-0.25, -0.2) is 0 Å². The number of ether oxygens (including phenoxy) is 1. The average molecular weight is 340 g/mol. The van der Waals surface area contributed by atoms with E-state index in [1.807, 2.05) is 38.1 Å². The molecule has 0 radical (unpaired) electrons. The Bertz CT molecular complexity index is 659. The van der Waals surface area contributed by atoms with Crippen molar-refractivity contribution in [1.82, 2.24) is 4.90 Å². The summed E-state index contributed by atoms with van der Waals surface area (Å²) < 4.78 is 5.59. The van der Waals surface area contributed by atoms with Gasteiger partial charge >= 0.3 is 0 Å². The molecule has 0 aromatic heterocycles. The number of carbonyl (C=O) groups is 1. The first kappa shape index (κ1) is 19.0. The normalized spacial score (nSPS) is 11.0. The summed E-state index contributed by atoms with van der Waals surface area (Å²) >= 11 is 0. The fraction of sp³-hybridized carbons (Fsp3) is 0.381. The fourth-order valence-corrected chi connectivity index (χ4v) is 2.56. The van der Waals surface area contributed by atoms with Gasteiger partial charge in [-0.1, -0.05) is 26.0 Å². The lowest BCUT2D eigenvalue weighted by Crippen LogP contribution is -2.22. The number of rotatable bonds is 8. The number of anilines is 1. The largest absolute Gasteiger partial charge is 0.491 e. The molecule has 0 bridgehead atoms. The number of amides is 1. The summed E-state index contributed by atoms with van der Waals surface area (Å²) in [6.45, 7) is 11.3. The molecule has 0 saturated heterocycles. The van der Waals surface area contributed by atoms with Crippen LogP contribution in [0.25, 0.3) is 0 Å². The molecule has 0 saturated carbocycles. The molecule has 0 aliphatic heterocycles. The third-order valence-corrected chi connectivity index (χ3v) is 4.00. The van der Waals surface area contributed by atoms with E-state index in [1.54, 1.807) is 12.1 Å². The summed E-state index contributed by atoms with van der Waals surface area (Å²) in [7, 11) is 0. The first-order valence-electron chi connectivity index (χ1n) is 8.91. The molecular formula is C21H28N2O2. The topological polar surface area (TPSA) is 41.6 Å². The molecule has 1 amide bonds. The molecule has 134 valence electrons. The van der Waals surface area contributed by atoms with Gasteiger partial charge in [0.15, 0.2) is 0 Å². The predicted molar refractivity (Wildman–Crippen MR) is 103 cm³/mol. The maximum Gasteiger partial charge on any atom is 0.255 e. The number of benzene rings is 2. The summed E-state index contributed by atoms with van der Waals surface area (Å²) in [5.41, 5.74) is 2.66. The molecule has 0 unspecified atom stereocenters. The van der Waals surface area contributed by atoms with Crippen LogP contribution < -0.4 is 10.1 Å². The van der Waals surface area contributed by atoms with Gasteiger partial charge in [-0.2, -0.15) is 0 Å². The van der Waals surface area contributed by atoms with E-state index in [-0.39, 0.29) is 12.0 Å². The molecule has 0 spiro atoms. The molecule has 4 nitrogen and oxygen atoms in total. The molecule has 0 fully saturated rings. The Morgan fingerprint density at radius 1 is 1.00 bits per heavy atom. The molecule has 2 rings (SSSR count). The van der Waals surface area contributed by atoms with Crippen LogP contribution in [0.2, 0.25) is 0 Å². The van der Waals surface area contributed by atoms with Crippen molar-refractivity contribution < 1.29 is 9.53 Å². The number of nitrogens with one attached hydrogen (secondary N) is 1. The van der Waals surface area contributed by atoms with Crippen LogP contribution in [0.4, 0.5) is 5.69 Å². The highest BCUT2D eigenvalue weighted by Gasteiger charge is 2.07. The van der Waals surface area contributed by atoms with Crippen LogP contribution in [0.3, 0.4) is 0 Å². The van der Waals surface area contributed by atoms with Gasteiger partial charge in [-0.3, -0.25) is 9.69 Å². The Morgan fingerprint density at radius 3 is 2.12 bits per heavy atom. The highest BCUT2D eigenvalue weighted by atomic mass is 16.5. The van der Waals surface area contributed by atoms with E-state index < -0.39 is 0 Å². The summed E-state index contributed by atoms with van der Waals surface area (Å²) in [4.78, 5) is 14.7. The van der Waals surface area contributed by atoms with E-state index in [9.17, 15) is 4.79 Å². The average Bonchev–Trinajstić information content (AvgIpc) is 2.61. The van der Waals surface area contributed by atoms with E-state index >= 15 is 0 Å². The summed E-state index contributed by atoms with van der Waals surface area (Å²) in [5, 5.41) is 2.93. The molecule has 0 atom stereocenters. The first-order chi connectivity index (χ1) is 12.0. The number of hydrogen-bond acceptors (Lipinski definition) is 3. The maximum atomic E-state index is 12.3. The van der Waals surface area contributed by atoms with Crippen LogP contribution in [0, 0.1) is 0 Å². The van der Waals surface area contributed by atoms with Gasteiger partial charge in [0.25, 0.3) is 5.91 Å². The SMILES string of the molecule is CCN(CC)Cc1ccc(NC(=O)c2ccc(OC(C)C)cc2)cc1. The van der Waals surface area contributed by atoms with Crippen molar-refractivity contribution in [1.29, 1.82) is 0 Å². The van der Waals surface area contributed by atoms with Crippen molar-refractivity contribution in [3.05, 3.63) is 59.7 Å². The Labute approximate surface area is 150 Å². The van der Waals surface area contributed by atoms with Crippen molar-refractivity contribution in [2.45, 2.75) is 40.3 Å². The minimum atomic E-state index is -0.118. The van der Waals surface area contributed by atoms with Crippen LogP contribution in [-0.4, -0.2) is 30.0 Å². The van der Waals surface area contributed by atoms with Crippen LogP contribution >= 0.6 is 0 Å². The first-order valence-corrected chi connectivity index (χ1v) is 8.91. The van der Waals surface area contributed by atoms with Crippen molar-refractivity contribution in [2.24, 2.45) is 0 Å². The summed E-state index contributed by atoms with van der Waals surface area (Å²) in [5.74, 6) is 0.653. The minimum Gasteiger partial charge on any atom is -0.491 e. The fourth-order valence-electron chi connectivity index (χ4n) is 2.56. The van der Waals surface area contributed by atoms with E-state index in [2.05, 4.69) is 36.2 Å². The third-order valence-electron chi connectivity index (χ3n) is 4.00. The van der Waals surface area contributed by atoms with E-state index in [1.165, 1.54) is 5.56 Å². The van der Waals surface area contributed by atoms with Crippen LogP contribution in [0.1, 0.15) is 43.6 Å². The van der Waals surface area contributed by atoms with Crippen LogP contribution in [0.5, 0.6) is 5.75 Å². The minimum absolute atomic E-state index is 0.118. The van der Waals surface area contributed by atoms with Gasteiger partial charge in [0.2, 0.25) is 0 Å². The molecule has 0 heterocycles.